The Kier molecular flexibility index (Phi) is 32.3. The first-order valence-corrected chi connectivity index (χ1v) is 27.3. The molecule has 2 atom stereocenters. The van der Waals surface area contributed by atoms with Crippen LogP contribution in [0.1, 0.15) is 299 Å². The molecule has 6 rings (SSSR count). The molecule has 0 amide bonds. The summed E-state index contributed by atoms with van der Waals surface area (Å²) >= 11 is 0. The second-order valence-corrected chi connectivity index (χ2v) is 21.8. The Bertz CT molecular complexity index is 700. The number of hydrogen-bond acceptors (Lipinski definition) is 0. The second kappa shape index (κ2) is 34.7. The summed E-state index contributed by atoms with van der Waals surface area (Å²) in [6.45, 7) is 18.8. The summed E-state index contributed by atoms with van der Waals surface area (Å²) < 4.78 is 0. The minimum atomic E-state index is 0.981. The average Bonchev–Trinajstić information content (AvgIpc) is 3.13. The van der Waals surface area contributed by atoms with E-state index in [0.29, 0.717) is 0 Å². The first kappa shape index (κ1) is 52.1. The van der Waals surface area contributed by atoms with E-state index in [1.807, 2.05) is 13.8 Å². The molecule has 0 N–H and O–H groups in total. The van der Waals surface area contributed by atoms with Crippen LogP contribution in [0.4, 0.5) is 0 Å². The number of rotatable bonds is 2. The zero-order valence-electron chi connectivity index (χ0n) is 40.6. The van der Waals surface area contributed by atoms with Gasteiger partial charge in [-0.25, -0.2) is 0 Å². The first-order chi connectivity index (χ1) is 27.3. The zero-order valence-corrected chi connectivity index (χ0v) is 40.6. The predicted octanol–water partition coefficient (Wildman–Crippen LogP) is 20.2. The van der Waals surface area contributed by atoms with Gasteiger partial charge >= 0.3 is 0 Å². The van der Waals surface area contributed by atoms with Gasteiger partial charge in [0.2, 0.25) is 0 Å². The average molecular weight is 783 g/mol. The highest BCUT2D eigenvalue weighted by atomic mass is 14.4. The third-order valence-electron chi connectivity index (χ3n) is 16.2. The molecule has 0 saturated heterocycles. The van der Waals surface area contributed by atoms with Crippen LogP contribution in [0.5, 0.6) is 0 Å². The van der Waals surface area contributed by atoms with E-state index in [0.717, 1.165) is 59.2 Å². The van der Waals surface area contributed by atoms with Crippen molar-refractivity contribution in [3.05, 3.63) is 0 Å². The molecule has 6 aliphatic carbocycles. The van der Waals surface area contributed by atoms with E-state index in [-0.39, 0.29) is 0 Å². The molecule has 0 aromatic carbocycles. The maximum absolute atomic E-state index is 2.61. The van der Waals surface area contributed by atoms with Crippen LogP contribution in [0.15, 0.2) is 0 Å². The lowest BCUT2D eigenvalue weighted by Gasteiger charge is -2.38. The van der Waals surface area contributed by atoms with Crippen molar-refractivity contribution in [3.8, 4) is 0 Å². The van der Waals surface area contributed by atoms with Gasteiger partial charge in [0, 0.05) is 0 Å². The summed E-state index contributed by atoms with van der Waals surface area (Å²) in [7, 11) is 0. The van der Waals surface area contributed by atoms with E-state index >= 15 is 0 Å². The van der Waals surface area contributed by atoms with Gasteiger partial charge in [-0.3, -0.25) is 0 Å². The topological polar surface area (TPSA) is 0 Å². The molecule has 0 heteroatoms. The van der Waals surface area contributed by atoms with Crippen LogP contribution in [0.3, 0.4) is 0 Å². The molecule has 56 heavy (non-hydrogen) atoms. The Hall–Kier alpha value is 0. The van der Waals surface area contributed by atoms with E-state index in [4.69, 9.17) is 0 Å². The Labute approximate surface area is 357 Å². The Morgan fingerprint density at radius 2 is 0.357 bits per heavy atom. The maximum Gasteiger partial charge on any atom is -0.0383 e. The summed E-state index contributed by atoms with van der Waals surface area (Å²) in [6.07, 6.45) is 57.3. The maximum atomic E-state index is 2.61. The highest BCUT2D eigenvalue weighted by Gasteiger charge is 2.31. The van der Waals surface area contributed by atoms with Gasteiger partial charge in [-0.05, 0) is 72.0 Å². The molecule has 0 aliphatic heterocycles. The molecule has 6 saturated carbocycles. The minimum Gasteiger partial charge on any atom is -0.0683 e. The van der Waals surface area contributed by atoms with Crippen LogP contribution in [0, 0.1) is 59.2 Å². The van der Waals surface area contributed by atoms with Crippen LogP contribution in [-0.2, 0) is 0 Å². The Morgan fingerprint density at radius 3 is 0.607 bits per heavy atom. The molecule has 0 spiro atoms. The van der Waals surface area contributed by atoms with E-state index < -0.39 is 0 Å². The fraction of sp³-hybridized carbons (Fsp3) is 1.00. The molecule has 334 valence electrons. The lowest BCUT2D eigenvalue weighted by Crippen LogP contribution is -2.26. The van der Waals surface area contributed by atoms with Crippen LogP contribution in [-0.4, -0.2) is 0 Å². The van der Waals surface area contributed by atoms with Crippen molar-refractivity contribution >= 4 is 0 Å². The smallest absolute Gasteiger partial charge is 0.0383 e. The molecular weight excluding hydrogens is 673 g/mol. The normalized spacial score (nSPS) is 33.1. The molecular formula is C56H110. The van der Waals surface area contributed by atoms with E-state index in [1.54, 1.807) is 57.8 Å². The van der Waals surface area contributed by atoms with Gasteiger partial charge in [-0.15, -0.1) is 0 Å². The molecule has 6 fully saturated rings. The molecule has 0 bridgehead atoms. The molecule has 0 aromatic rings. The van der Waals surface area contributed by atoms with Crippen molar-refractivity contribution in [1.29, 1.82) is 0 Å². The van der Waals surface area contributed by atoms with Gasteiger partial charge in [0.25, 0.3) is 0 Å². The molecule has 0 heterocycles. The first-order valence-electron chi connectivity index (χ1n) is 27.3. The molecule has 0 aromatic heterocycles. The van der Waals surface area contributed by atoms with Crippen molar-refractivity contribution in [2.24, 2.45) is 59.2 Å². The van der Waals surface area contributed by atoms with Crippen LogP contribution in [0.2, 0.25) is 0 Å². The minimum absolute atomic E-state index is 0.981. The van der Waals surface area contributed by atoms with Crippen molar-refractivity contribution < 1.29 is 0 Å². The SMILES string of the molecule is CC.CC1CCCC(C2CCCC(C3CCCC(C)CCC3)CC(C)C2)CCC1.CC1CCCCCCC1.CC1CCCCCCC1.CC1CCCCCCC1. The number of hydrogen-bond donors (Lipinski definition) is 0. The van der Waals surface area contributed by atoms with Gasteiger partial charge in [0.1, 0.15) is 0 Å². The van der Waals surface area contributed by atoms with Crippen molar-refractivity contribution in [1.82, 2.24) is 0 Å². The summed E-state index contributed by atoms with van der Waals surface area (Å²) in [5.74, 6) is 10.3. The van der Waals surface area contributed by atoms with Crippen LogP contribution >= 0.6 is 0 Å². The van der Waals surface area contributed by atoms with Gasteiger partial charge in [-0.2, -0.15) is 0 Å². The lowest BCUT2D eigenvalue weighted by atomic mass is 9.68. The zero-order chi connectivity index (χ0) is 40.6. The summed E-state index contributed by atoms with van der Waals surface area (Å²) in [5, 5.41) is 0. The van der Waals surface area contributed by atoms with Gasteiger partial charge in [0.05, 0.1) is 0 Å². The van der Waals surface area contributed by atoms with Crippen molar-refractivity contribution in [2.75, 3.05) is 0 Å². The molecule has 0 radical (unpaired) electrons. The fourth-order valence-electron chi connectivity index (χ4n) is 12.3. The molecule has 0 nitrogen and oxygen atoms in total. The summed E-state index contributed by atoms with van der Waals surface area (Å²) in [4.78, 5) is 0. The van der Waals surface area contributed by atoms with E-state index in [9.17, 15) is 0 Å². The van der Waals surface area contributed by atoms with Gasteiger partial charge in [0.15, 0.2) is 0 Å². The summed E-state index contributed by atoms with van der Waals surface area (Å²) in [6, 6.07) is 0. The van der Waals surface area contributed by atoms with E-state index in [1.165, 1.54) is 186 Å². The quantitative estimate of drug-likeness (QED) is 0.262. The highest BCUT2D eigenvalue weighted by molar-refractivity contribution is 4.82. The molecule has 6 aliphatic rings. The van der Waals surface area contributed by atoms with E-state index in [2.05, 4.69) is 41.5 Å². The van der Waals surface area contributed by atoms with Gasteiger partial charge in [-0.1, -0.05) is 287 Å². The lowest BCUT2D eigenvalue weighted by molar-refractivity contribution is 0.137. The van der Waals surface area contributed by atoms with Crippen molar-refractivity contribution in [3.63, 3.8) is 0 Å². The fourth-order valence-corrected chi connectivity index (χ4v) is 12.3. The standard InChI is InChI=1S/C27H50.3C9H18.C2H6/c1-21-9-4-13-24(14-5-10-21)26-17-8-18-27(20-23(3)19-26)25-15-6-11-22(2)12-7-16-25;3*1-9-7-5-3-2-4-6-8-9;1-2/h21-27H,4-20H2,1-3H3;3*9H,2-8H2,1H3;1-2H3. The third kappa shape index (κ3) is 26.3. The molecule has 2 unspecified atom stereocenters. The van der Waals surface area contributed by atoms with Crippen LogP contribution < -0.4 is 0 Å². The van der Waals surface area contributed by atoms with Gasteiger partial charge < -0.3 is 0 Å². The predicted molar refractivity (Wildman–Crippen MR) is 256 cm³/mol. The largest absolute Gasteiger partial charge is 0.0683 e. The Morgan fingerprint density at radius 1 is 0.179 bits per heavy atom. The third-order valence-corrected chi connectivity index (χ3v) is 16.2. The van der Waals surface area contributed by atoms with Crippen LogP contribution in [0.25, 0.3) is 0 Å². The highest BCUT2D eigenvalue weighted by Crippen LogP contribution is 2.43. The summed E-state index contributed by atoms with van der Waals surface area (Å²) in [5.41, 5.74) is 0. The monoisotopic (exact) mass is 783 g/mol. The Balaban J connectivity index is 0.000000303. The van der Waals surface area contributed by atoms with Crippen molar-refractivity contribution in [2.45, 2.75) is 299 Å². The second-order valence-electron chi connectivity index (χ2n) is 21.8.